The number of anilines is 1. The summed E-state index contributed by atoms with van der Waals surface area (Å²) in [5, 5.41) is 5.87. The van der Waals surface area contributed by atoms with Gasteiger partial charge in [-0.15, -0.1) is 11.3 Å². The van der Waals surface area contributed by atoms with Crippen LogP contribution in [0.2, 0.25) is 0 Å². The number of carbonyl (C=O) groups is 1. The van der Waals surface area contributed by atoms with Gasteiger partial charge in [0.05, 0.1) is 6.20 Å². The molecule has 0 atom stereocenters. The molecule has 5 nitrogen and oxygen atoms in total. The first-order valence-electron chi connectivity index (χ1n) is 8.02. The van der Waals surface area contributed by atoms with Gasteiger partial charge in [-0.1, -0.05) is 24.3 Å². The zero-order valence-electron chi connectivity index (χ0n) is 14.0. The maximum Gasteiger partial charge on any atom is 0.255 e. The van der Waals surface area contributed by atoms with Crippen LogP contribution < -0.4 is 5.32 Å². The lowest BCUT2D eigenvalue weighted by Gasteiger charge is -2.07. The molecule has 0 unspecified atom stereocenters. The van der Waals surface area contributed by atoms with E-state index in [0.29, 0.717) is 17.0 Å². The number of aromatic nitrogens is 2. The van der Waals surface area contributed by atoms with E-state index in [0.717, 1.165) is 21.8 Å². The Kier molecular flexibility index (Phi) is 4.33. The molecule has 0 aliphatic carbocycles. The molecular formula is C20H15N3O2S. The molecule has 2 heterocycles. The predicted octanol–water partition coefficient (Wildman–Crippen LogP) is 5.03. The number of hydrogen-bond donors (Lipinski definition) is 1. The SMILES string of the molecule is Cc1csc(-c2ccc(C(=O)Nc3cccc(-c4cnco4)c3)cc2)n1. The van der Waals surface area contributed by atoms with E-state index >= 15 is 0 Å². The van der Waals surface area contributed by atoms with Crippen LogP contribution in [0.5, 0.6) is 0 Å². The number of nitrogens with one attached hydrogen (secondary N) is 1. The van der Waals surface area contributed by atoms with Gasteiger partial charge < -0.3 is 9.73 Å². The number of aryl methyl sites for hydroxylation is 1. The second kappa shape index (κ2) is 6.93. The number of hydrogen-bond acceptors (Lipinski definition) is 5. The van der Waals surface area contributed by atoms with Crippen molar-refractivity contribution in [3.05, 3.63) is 77.8 Å². The number of carbonyl (C=O) groups excluding carboxylic acids is 1. The Balaban J connectivity index is 1.51. The molecule has 4 aromatic rings. The van der Waals surface area contributed by atoms with Crippen molar-refractivity contribution in [2.75, 3.05) is 5.32 Å². The number of amides is 1. The van der Waals surface area contributed by atoms with Gasteiger partial charge in [0.1, 0.15) is 5.01 Å². The molecule has 0 saturated heterocycles. The minimum absolute atomic E-state index is 0.165. The topological polar surface area (TPSA) is 68.0 Å². The van der Waals surface area contributed by atoms with E-state index in [1.807, 2.05) is 60.8 Å². The first-order chi connectivity index (χ1) is 12.7. The molecule has 6 heteroatoms. The third-order valence-electron chi connectivity index (χ3n) is 3.85. The highest BCUT2D eigenvalue weighted by molar-refractivity contribution is 7.13. The van der Waals surface area contributed by atoms with Gasteiger partial charge in [0.2, 0.25) is 0 Å². The summed E-state index contributed by atoms with van der Waals surface area (Å²) < 4.78 is 5.29. The van der Waals surface area contributed by atoms with E-state index in [4.69, 9.17) is 4.42 Å². The molecule has 1 N–H and O–H groups in total. The van der Waals surface area contributed by atoms with Crippen molar-refractivity contribution in [1.29, 1.82) is 0 Å². The molecule has 0 spiro atoms. The number of benzene rings is 2. The predicted molar refractivity (Wildman–Crippen MR) is 102 cm³/mol. The summed E-state index contributed by atoms with van der Waals surface area (Å²) >= 11 is 1.59. The summed E-state index contributed by atoms with van der Waals surface area (Å²) in [5.41, 5.74) is 4.15. The summed E-state index contributed by atoms with van der Waals surface area (Å²) in [7, 11) is 0. The van der Waals surface area contributed by atoms with E-state index in [2.05, 4.69) is 15.3 Å². The summed E-state index contributed by atoms with van der Waals surface area (Å²) in [6, 6.07) is 14.9. The van der Waals surface area contributed by atoms with Crippen LogP contribution in [0.3, 0.4) is 0 Å². The minimum Gasteiger partial charge on any atom is -0.444 e. The van der Waals surface area contributed by atoms with Crippen molar-refractivity contribution < 1.29 is 9.21 Å². The Morgan fingerprint density at radius 1 is 1.12 bits per heavy atom. The smallest absolute Gasteiger partial charge is 0.255 e. The fourth-order valence-corrected chi connectivity index (χ4v) is 3.37. The van der Waals surface area contributed by atoms with Crippen molar-refractivity contribution in [1.82, 2.24) is 9.97 Å². The Morgan fingerprint density at radius 3 is 2.65 bits per heavy atom. The molecule has 128 valence electrons. The lowest BCUT2D eigenvalue weighted by Crippen LogP contribution is -2.11. The second-order valence-electron chi connectivity index (χ2n) is 5.77. The lowest BCUT2D eigenvalue weighted by molar-refractivity contribution is 0.102. The molecule has 0 aliphatic rings. The van der Waals surface area contributed by atoms with Gasteiger partial charge in [0, 0.05) is 33.5 Å². The largest absolute Gasteiger partial charge is 0.444 e. The summed E-state index contributed by atoms with van der Waals surface area (Å²) in [4.78, 5) is 20.9. The summed E-state index contributed by atoms with van der Waals surface area (Å²) in [6.45, 7) is 1.97. The standard InChI is InChI=1S/C20H15N3O2S/c1-13-11-26-20(22-13)15-7-5-14(6-8-15)19(24)23-17-4-2-3-16(9-17)18-10-21-12-25-18/h2-12H,1H3,(H,23,24). The van der Waals surface area contributed by atoms with Gasteiger partial charge >= 0.3 is 0 Å². The van der Waals surface area contributed by atoms with Crippen molar-refractivity contribution in [3.63, 3.8) is 0 Å². The van der Waals surface area contributed by atoms with Crippen LogP contribution in [0.15, 0.2) is 70.9 Å². The van der Waals surface area contributed by atoms with Gasteiger partial charge in [0.15, 0.2) is 12.2 Å². The van der Waals surface area contributed by atoms with Crippen LogP contribution in [0, 0.1) is 6.92 Å². The van der Waals surface area contributed by atoms with Crippen LogP contribution in [-0.4, -0.2) is 15.9 Å². The van der Waals surface area contributed by atoms with E-state index in [9.17, 15) is 4.79 Å². The minimum atomic E-state index is -0.165. The number of thiazole rings is 1. The van der Waals surface area contributed by atoms with Crippen molar-refractivity contribution in [2.24, 2.45) is 0 Å². The highest BCUT2D eigenvalue weighted by Gasteiger charge is 2.09. The van der Waals surface area contributed by atoms with Crippen molar-refractivity contribution in [2.45, 2.75) is 6.92 Å². The molecule has 0 radical (unpaired) electrons. The third kappa shape index (κ3) is 3.41. The number of oxazole rings is 1. The van der Waals surface area contributed by atoms with Crippen molar-refractivity contribution >= 4 is 22.9 Å². The van der Waals surface area contributed by atoms with Gasteiger partial charge in [0.25, 0.3) is 5.91 Å². The highest BCUT2D eigenvalue weighted by Crippen LogP contribution is 2.25. The average Bonchev–Trinajstić information content (AvgIpc) is 3.34. The van der Waals surface area contributed by atoms with E-state index < -0.39 is 0 Å². The highest BCUT2D eigenvalue weighted by atomic mass is 32.1. The molecule has 4 rings (SSSR count). The molecule has 1 amide bonds. The maximum absolute atomic E-state index is 12.5. The normalized spacial score (nSPS) is 10.7. The second-order valence-corrected chi connectivity index (χ2v) is 6.63. The van der Waals surface area contributed by atoms with Gasteiger partial charge in [-0.25, -0.2) is 9.97 Å². The first-order valence-corrected chi connectivity index (χ1v) is 8.90. The summed E-state index contributed by atoms with van der Waals surface area (Å²) in [6.07, 6.45) is 3.02. The zero-order valence-corrected chi connectivity index (χ0v) is 14.8. The Hall–Kier alpha value is -3.25. The van der Waals surface area contributed by atoms with Gasteiger partial charge in [-0.05, 0) is 31.2 Å². The molecular weight excluding hydrogens is 346 g/mol. The fourth-order valence-electron chi connectivity index (χ4n) is 2.56. The van der Waals surface area contributed by atoms with Crippen LogP contribution in [0.25, 0.3) is 21.9 Å². The zero-order chi connectivity index (χ0) is 17.9. The van der Waals surface area contributed by atoms with E-state index in [1.165, 1.54) is 6.39 Å². The first kappa shape index (κ1) is 16.2. The lowest BCUT2D eigenvalue weighted by atomic mass is 10.1. The Bertz CT molecular complexity index is 1040. The molecule has 26 heavy (non-hydrogen) atoms. The maximum atomic E-state index is 12.5. The fraction of sp³-hybridized carbons (Fsp3) is 0.0500. The molecule has 0 aliphatic heterocycles. The summed E-state index contributed by atoms with van der Waals surface area (Å²) in [5.74, 6) is 0.491. The Labute approximate surface area is 154 Å². The van der Waals surface area contributed by atoms with Crippen LogP contribution in [0.1, 0.15) is 16.1 Å². The van der Waals surface area contributed by atoms with Gasteiger partial charge in [-0.2, -0.15) is 0 Å². The molecule has 0 fully saturated rings. The number of rotatable bonds is 4. The molecule has 0 saturated carbocycles. The monoisotopic (exact) mass is 361 g/mol. The third-order valence-corrected chi connectivity index (χ3v) is 4.86. The van der Waals surface area contributed by atoms with E-state index in [1.54, 1.807) is 17.5 Å². The van der Waals surface area contributed by atoms with Gasteiger partial charge in [-0.3, -0.25) is 4.79 Å². The van der Waals surface area contributed by atoms with E-state index in [-0.39, 0.29) is 5.91 Å². The quantitative estimate of drug-likeness (QED) is 0.554. The van der Waals surface area contributed by atoms with Crippen LogP contribution in [0.4, 0.5) is 5.69 Å². The Morgan fingerprint density at radius 2 is 1.96 bits per heavy atom. The number of nitrogens with zero attached hydrogens (tertiary/aromatic N) is 2. The average molecular weight is 361 g/mol. The molecule has 2 aromatic carbocycles. The van der Waals surface area contributed by atoms with Crippen LogP contribution >= 0.6 is 11.3 Å². The molecule has 0 bridgehead atoms. The molecule has 2 aromatic heterocycles. The van der Waals surface area contributed by atoms with Crippen LogP contribution in [-0.2, 0) is 0 Å². The van der Waals surface area contributed by atoms with Crippen molar-refractivity contribution in [3.8, 4) is 21.9 Å².